The Balaban J connectivity index is 2.30. The number of anilines is 2. The summed E-state index contributed by atoms with van der Waals surface area (Å²) in [6, 6.07) is 6.07. The third-order valence-electron chi connectivity index (χ3n) is 2.50. The quantitative estimate of drug-likeness (QED) is 0.787. The number of hydrogen-bond donors (Lipinski definition) is 2. The van der Waals surface area contributed by atoms with Crippen molar-refractivity contribution in [3.8, 4) is 0 Å². The van der Waals surface area contributed by atoms with E-state index in [0.29, 0.717) is 16.2 Å². The van der Waals surface area contributed by atoms with Crippen LogP contribution < -0.4 is 11.1 Å². The zero-order valence-electron chi connectivity index (χ0n) is 9.88. The molecule has 1 amide bonds. The van der Waals surface area contributed by atoms with Crippen molar-refractivity contribution in [3.05, 3.63) is 57.0 Å². The number of amides is 1. The molecular weight excluding hydrogens is 354 g/mol. The van der Waals surface area contributed by atoms with E-state index in [-0.39, 0.29) is 16.3 Å². The van der Waals surface area contributed by atoms with E-state index in [2.05, 4.69) is 21.2 Å². The molecule has 0 aliphatic rings. The molecule has 3 N–H and O–H groups in total. The summed E-state index contributed by atoms with van der Waals surface area (Å²) in [7, 11) is 0. The second kappa shape index (κ2) is 5.76. The molecule has 2 aromatic carbocycles. The molecule has 0 bridgehead atoms. The number of hydrogen-bond acceptors (Lipinski definition) is 2. The Morgan fingerprint density at radius 2 is 1.95 bits per heavy atom. The topological polar surface area (TPSA) is 55.1 Å². The number of rotatable bonds is 2. The Bertz CT molecular complexity index is 671. The van der Waals surface area contributed by atoms with E-state index in [1.165, 1.54) is 12.1 Å². The van der Waals surface area contributed by atoms with Crippen molar-refractivity contribution < 1.29 is 13.6 Å². The van der Waals surface area contributed by atoms with Gasteiger partial charge in [0.25, 0.3) is 5.91 Å². The third-order valence-corrected chi connectivity index (χ3v) is 3.52. The van der Waals surface area contributed by atoms with Crippen molar-refractivity contribution in [1.29, 1.82) is 0 Å². The van der Waals surface area contributed by atoms with Gasteiger partial charge < -0.3 is 11.1 Å². The third kappa shape index (κ3) is 3.08. The van der Waals surface area contributed by atoms with Crippen LogP contribution in [0.1, 0.15) is 10.4 Å². The van der Waals surface area contributed by atoms with Crippen molar-refractivity contribution in [3.63, 3.8) is 0 Å². The van der Waals surface area contributed by atoms with Crippen molar-refractivity contribution in [1.82, 2.24) is 0 Å². The molecule has 0 aliphatic carbocycles. The van der Waals surface area contributed by atoms with Gasteiger partial charge in [-0.2, -0.15) is 0 Å². The highest BCUT2D eigenvalue weighted by atomic mass is 79.9. The Morgan fingerprint density at radius 3 is 2.55 bits per heavy atom. The average molecular weight is 362 g/mol. The van der Waals surface area contributed by atoms with Gasteiger partial charge in [0.15, 0.2) is 5.82 Å². The first-order valence-electron chi connectivity index (χ1n) is 5.39. The van der Waals surface area contributed by atoms with Gasteiger partial charge in [0, 0.05) is 21.8 Å². The van der Waals surface area contributed by atoms with Crippen LogP contribution >= 0.6 is 27.5 Å². The fourth-order valence-corrected chi connectivity index (χ4v) is 2.02. The zero-order valence-corrected chi connectivity index (χ0v) is 12.2. The standard InChI is InChI=1S/C13H8BrClF2N2O/c14-8-2-1-6(3-11(8)18)13(20)19-12-9(15)4-7(16)5-10(12)17/h1-5H,18H2,(H,19,20). The van der Waals surface area contributed by atoms with Gasteiger partial charge in [-0.25, -0.2) is 8.78 Å². The maximum absolute atomic E-state index is 13.6. The molecule has 0 fully saturated rings. The van der Waals surface area contributed by atoms with E-state index in [9.17, 15) is 13.6 Å². The summed E-state index contributed by atoms with van der Waals surface area (Å²) in [4.78, 5) is 12.0. The summed E-state index contributed by atoms with van der Waals surface area (Å²) in [6.45, 7) is 0. The fraction of sp³-hybridized carbons (Fsp3) is 0. The van der Waals surface area contributed by atoms with E-state index < -0.39 is 17.5 Å². The highest BCUT2D eigenvalue weighted by molar-refractivity contribution is 9.10. The minimum atomic E-state index is -0.951. The van der Waals surface area contributed by atoms with Gasteiger partial charge in [-0.15, -0.1) is 0 Å². The summed E-state index contributed by atoms with van der Waals surface area (Å²) in [5.41, 5.74) is 5.97. The van der Waals surface area contributed by atoms with Crippen LogP contribution in [0.5, 0.6) is 0 Å². The first-order valence-corrected chi connectivity index (χ1v) is 6.56. The van der Waals surface area contributed by atoms with Crippen LogP contribution in [0, 0.1) is 11.6 Å². The van der Waals surface area contributed by atoms with Gasteiger partial charge in [0.2, 0.25) is 0 Å². The Labute approximate surface area is 126 Å². The molecule has 2 rings (SSSR count). The monoisotopic (exact) mass is 360 g/mol. The van der Waals surface area contributed by atoms with Crippen LogP contribution in [0.4, 0.5) is 20.2 Å². The first kappa shape index (κ1) is 14.7. The predicted molar refractivity (Wildman–Crippen MR) is 77.9 cm³/mol. The minimum Gasteiger partial charge on any atom is -0.398 e. The lowest BCUT2D eigenvalue weighted by atomic mass is 10.2. The normalized spacial score (nSPS) is 10.4. The predicted octanol–water partition coefficient (Wildman–Crippen LogP) is 4.22. The zero-order chi connectivity index (χ0) is 14.9. The minimum absolute atomic E-state index is 0.221. The molecule has 104 valence electrons. The Hall–Kier alpha value is -1.66. The first-order chi connectivity index (χ1) is 9.38. The molecule has 0 radical (unpaired) electrons. The van der Waals surface area contributed by atoms with E-state index in [0.717, 1.165) is 6.07 Å². The molecule has 0 aliphatic heterocycles. The average Bonchev–Trinajstić information content (AvgIpc) is 2.36. The number of carbonyl (C=O) groups is 1. The second-order valence-electron chi connectivity index (χ2n) is 3.93. The SMILES string of the molecule is Nc1cc(C(=O)Nc2c(F)cc(F)cc2Cl)ccc1Br. The number of nitrogens with two attached hydrogens (primary N) is 1. The van der Waals surface area contributed by atoms with Crippen LogP contribution in [-0.4, -0.2) is 5.91 Å². The van der Waals surface area contributed by atoms with Crippen LogP contribution in [0.2, 0.25) is 5.02 Å². The van der Waals surface area contributed by atoms with Crippen molar-refractivity contribution in [2.75, 3.05) is 11.1 Å². The van der Waals surface area contributed by atoms with Gasteiger partial charge in [0.1, 0.15) is 5.82 Å². The molecule has 0 spiro atoms. The lowest BCUT2D eigenvalue weighted by Gasteiger charge is -2.09. The van der Waals surface area contributed by atoms with E-state index in [1.54, 1.807) is 6.07 Å². The highest BCUT2D eigenvalue weighted by Gasteiger charge is 2.14. The molecule has 0 saturated heterocycles. The summed E-state index contributed by atoms with van der Waals surface area (Å²) >= 11 is 8.89. The number of nitrogen functional groups attached to an aromatic ring is 1. The molecule has 0 heterocycles. The van der Waals surface area contributed by atoms with Gasteiger partial charge in [-0.1, -0.05) is 11.6 Å². The Kier molecular flexibility index (Phi) is 4.25. The van der Waals surface area contributed by atoms with Crippen LogP contribution in [0.15, 0.2) is 34.8 Å². The second-order valence-corrected chi connectivity index (χ2v) is 5.20. The molecule has 3 nitrogen and oxygen atoms in total. The smallest absolute Gasteiger partial charge is 0.255 e. The molecule has 2 aromatic rings. The van der Waals surface area contributed by atoms with E-state index in [4.69, 9.17) is 17.3 Å². The molecule has 0 aromatic heterocycles. The number of halogens is 4. The number of nitrogens with one attached hydrogen (secondary N) is 1. The lowest BCUT2D eigenvalue weighted by Crippen LogP contribution is -2.14. The lowest BCUT2D eigenvalue weighted by molar-refractivity contribution is 0.102. The largest absolute Gasteiger partial charge is 0.398 e. The fourth-order valence-electron chi connectivity index (χ4n) is 1.53. The van der Waals surface area contributed by atoms with Gasteiger partial charge in [-0.05, 0) is 40.2 Å². The molecular formula is C13H8BrClF2N2O. The summed E-state index contributed by atoms with van der Waals surface area (Å²) < 4.78 is 27.1. The molecule has 20 heavy (non-hydrogen) atoms. The van der Waals surface area contributed by atoms with Gasteiger partial charge >= 0.3 is 0 Å². The van der Waals surface area contributed by atoms with Crippen LogP contribution in [0.25, 0.3) is 0 Å². The Morgan fingerprint density at radius 1 is 1.25 bits per heavy atom. The summed E-state index contributed by atoms with van der Waals surface area (Å²) in [6.07, 6.45) is 0. The summed E-state index contributed by atoms with van der Waals surface area (Å²) in [5.74, 6) is -2.37. The van der Waals surface area contributed by atoms with Crippen molar-refractivity contribution in [2.45, 2.75) is 0 Å². The van der Waals surface area contributed by atoms with Gasteiger partial charge in [-0.3, -0.25) is 4.79 Å². The van der Waals surface area contributed by atoms with Crippen LogP contribution in [-0.2, 0) is 0 Å². The molecule has 0 saturated carbocycles. The van der Waals surface area contributed by atoms with Gasteiger partial charge in [0.05, 0.1) is 10.7 Å². The number of carbonyl (C=O) groups excluding carboxylic acids is 1. The number of benzene rings is 2. The van der Waals surface area contributed by atoms with Crippen LogP contribution in [0.3, 0.4) is 0 Å². The maximum Gasteiger partial charge on any atom is 0.255 e. The van der Waals surface area contributed by atoms with Crippen molar-refractivity contribution >= 4 is 44.8 Å². The molecule has 0 unspecified atom stereocenters. The van der Waals surface area contributed by atoms with E-state index in [1.807, 2.05) is 0 Å². The van der Waals surface area contributed by atoms with E-state index >= 15 is 0 Å². The highest BCUT2D eigenvalue weighted by Crippen LogP contribution is 2.27. The summed E-state index contributed by atoms with van der Waals surface area (Å²) in [5, 5.41) is 2.06. The van der Waals surface area contributed by atoms with Crippen molar-refractivity contribution in [2.24, 2.45) is 0 Å². The molecule has 0 atom stereocenters. The molecule has 7 heteroatoms. The maximum atomic E-state index is 13.6.